The first-order valence-electron chi connectivity index (χ1n) is 8.12. The molecular formula is C18H22N6S. The van der Waals surface area contributed by atoms with Crippen LogP contribution in [0.1, 0.15) is 21.1 Å². The highest BCUT2D eigenvalue weighted by atomic mass is 32.1. The van der Waals surface area contributed by atoms with Gasteiger partial charge in [-0.3, -0.25) is 4.99 Å². The molecule has 0 bridgehead atoms. The van der Waals surface area contributed by atoms with Gasteiger partial charge in [0.05, 0.1) is 22.9 Å². The second kappa shape index (κ2) is 7.94. The van der Waals surface area contributed by atoms with Crippen LogP contribution in [0.15, 0.2) is 47.7 Å². The maximum atomic E-state index is 4.45. The van der Waals surface area contributed by atoms with Gasteiger partial charge in [-0.05, 0) is 37.6 Å². The zero-order chi connectivity index (χ0) is 17.6. The second-order valence-corrected chi connectivity index (χ2v) is 6.93. The van der Waals surface area contributed by atoms with Gasteiger partial charge < -0.3 is 10.6 Å². The molecule has 0 radical (unpaired) electrons. The molecule has 7 heteroatoms. The lowest BCUT2D eigenvalue weighted by Crippen LogP contribution is -2.36. The third-order valence-electron chi connectivity index (χ3n) is 3.80. The molecule has 0 saturated carbocycles. The van der Waals surface area contributed by atoms with Crippen LogP contribution in [0.4, 0.5) is 0 Å². The number of aliphatic imine (C=N–C) groups is 1. The van der Waals surface area contributed by atoms with Gasteiger partial charge in [0.1, 0.15) is 0 Å². The van der Waals surface area contributed by atoms with Crippen LogP contribution in [0.5, 0.6) is 0 Å². The number of hydrogen-bond donors (Lipinski definition) is 2. The summed E-state index contributed by atoms with van der Waals surface area (Å²) in [6.07, 6.45) is 3.71. The predicted octanol–water partition coefficient (Wildman–Crippen LogP) is 2.81. The molecule has 0 atom stereocenters. The standard InChI is InChI=1S/C18H22N6S/c1-13-17(25-14(2)23-13)12-21-18(19-3)20-11-15-5-7-16(8-6-15)24-10-4-9-22-24/h4-10H,11-12H2,1-3H3,(H2,19,20,21). The number of aryl methyl sites for hydroxylation is 2. The van der Waals surface area contributed by atoms with Crippen LogP contribution in [-0.4, -0.2) is 27.8 Å². The summed E-state index contributed by atoms with van der Waals surface area (Å²) >= 11 is 1.72. The van der Waals surface area contributed by atoms with Gasteiger partial charge >= 0.3 is 0 Å². The average molecular weight is 354 g/mol. The van der Waals surface area contributed by atoms with E-state index in [0.29, 0.717) is 6.54 Å². The van der Waals surface area contributed by atoms with E-state index in [1.165, 1.54) is 10.4 Å². The van der Waals surface area contributed by atoms with Crippen molar-refractivity contribution in [3.8, 4) is 5.69 Å². The Balaban J connectivity index is 1.53. The van der Waals surface area contributed by atoms with Crippen LogP contribution in [0.25, 0.3) is 5.69 Å². The van der Waals surface area contributed by atoms with E-state index < -0.39 is 0 Å². The number of nitrogens with one attached hydrogen (secondary N) is 2. The highest BCUT2D eigenvalue weighted by molar-refractivity contribution is 7.11. The molecular weight excluding hydrogens is 332 g/mol. The van der Waals surface area contributed by atoms with Crippen molar-refractivity contribution in [3.63, 3.8) is 0 Å². The van der Waals surface area contributed by atoms with Gasteiger partial charge in [-0.1, -0.05) is 12.1 Å². The third kappa shape index (κ3) is 4.45. The molecule has 0 aliphatic carbocycles. The SMILES string of the molecule is CN=C(NCc1ccc(-n2cccn2)cc1)NCc1sc(C)nc1C. The van der Waals surface area contributed by atoms with E-state index in [1.807, 2.05) is 30.8 Å². The van der Waals surface area contributed by atoms with Gasteiger partial charge in [0, 0.05) is 30.9 Å². The van der Waals surface area contributed by atoms with Crippen LogP contribution in [0, 0.1) is 13.8 Å². The number of nitrogens with zero attached hydrogens (tertiary/aromatic N) is 4. The summed E-state index contributed by atoms with van der Waals surface area (Å²) < 4.78 is 1.84. The van der Waals surface area contributed by atoms with Crippen LogP contribution in [-0.2, 0) is 13.1 Å². The van der Waals surface area contributed by atoms with Crippen LogP contribution >= 0.6 is 11.3 Å². The van der Waals surface area contributed by atoms with Crippen LogP contribution in [0.3, 0.4) is 0 Å². The van der Waals surface area contributed by atoms with Crippen molar-refractivity contribution in [2.24, 2.45) is 4.99 Å². The fourth-order valence-corrected chi connectivity index (χ4v) is 3.37. The Kier molecular flexibility index (Phi) is 5.45. The van der Waals surface area contributed by atoms with Crippen LogP contribution in [0.2, 0.25) is 0 Å². The molecule has 0 amide bonds. The Hall–Kier alpha value is -2.67. The van der Waals surface area contributed by atoms with Crippen molar-refractivity contribution >= 4 is 17.3 Å². The van der Waals surface area contributed by atoms with Gasteiger partial charge in [-0.25, -0.2) is 9.67 Å². The Morgan fingerprint density at radius 3 is 2.52 bits per heavy atom. The van der Waals surface area contributed by atoms with Crippen molar-refractivity contribution in [2.75, 3.05) is 7.05 Å². The Morgan fingerprint density at radius 1 is 1.16 bits per heavy atom. The second-order valence-electron chi connectivity index (χ2n) is 5.64. The summed E-state index contributed by atoms with van der Waals surface area (Å²) in [5.41, 5.74) is 3.32. The fourth-order valence-electron chi connectivity index (χ4n) is 2.50. The van der Waals surface area contributed by atoms with E-state index in [-0.39, 0.29) is 0 Å². The molecule has 3 aromatic rings. The summed E-state index contributed by atoms with van der Waals surface area (Å²) in [5, 5.41) is 12.0. The summed E-state index contributed by atoms with van der Waals surface area (Å²) in [6, 6.07) is 10.2. The van der Waals surface area contributed by atoms with E-state index in [0.717, 1.165) is 28.9 Å². The minimum atomic E-state index is 0.708. The summed E-state index contributed by atoms with van der Waals surface area (Å²) in [6.45, 7) is 5.51. The molecule has 2 aromatic heterocycles. The molecule has 1 aromatic carbocycles. The average Bonchev–Trinajstić information content (AvgIpc) is 3.25. The first kappa shape index (κ1) is 17.2. The number of thiazole rings is 1. The minimum absolute atomic E-state index is 0.708. The summed E-state index contributed by atoms with van der Waals surface area (Å²) in [5.74, 6) is 0.779. The quantitative estimate of drug-likeness (QED) is 0.546. The molecule has 0 unspecified atom stereocenters. The zero-order valence-corrected chi connectivity index (χ0v) is 15.5. The topological polar surface area (TPSA) is 67.1 Å². The van der Waals surface area contributed by atoms with E-state index in [1.54, 1.807) is 24.6 Å². The molecule has 0 spiro atoms. The minimum Gasteiger partial charge on any atom is -0.352 e. The maximum Gasteiger partial charge on any atom is 0.191 e. The summed E-state index contributed by atoms with van der Waals surface area (Å²) in [4.78, 5) is 9.97. The lowest BCUT2D eigenvalue weighted by molar-refractivity contribution is 0.810. The number of benzene rings is 1. The fraction of sp³-hybridized carbons (Fsp3) is 0.278. The van der Waals surface area contributed by atoms with Gasteiger partial charge in [-0.2, -0.15) is 5.10 Å². The lowest BCUT2D eigenvalue weighted by Gasteiger charge is -2.12. The first-order chi connectivity index (χ1) is 12.2. The van der Waals surface area contributed by atoms with E-state index in [9.17, 15) is 0 Å². The van der Waals surface area contributed by atoms with E-state index >= 15 is 0 Å². The van der Waals surface area contributed by atoms with Gasteiger partial charge in [0.2, 0.25) is 0 Å². The molecule has 0 aliphatic rings. The molecule has 0 aliphatic heterocycles. The molecule has 130 valence electrons. The molecule has 2 heterocycles. The maximum absolute atomic E-state index is 4.45. The molecule has 3 rings (SSSR count). The van der Waals surface area contributed by atoms with E-state index in [2.05, 4.69) is 50.0 Å². The van der Waals surface area contributed by atoms with Crippen molar-refractivity contribution in [2.45, 2.75) is 26.9 Å². The zero-order valence-electron chi connectivity index (χ0n) is 14.7. The highest BCUT2D eigenvalue weighted by Gasteiger charge is 2.06. The lowest BCUT2D eigenvalue weighted by atomic mass is 10.2. The molecule has 2 N–H and O–H groups in total. The Bertz CT molecular complexity index is 833. The summed E-state index contributed by atoms with van der Waals surface area (Å²) in [7, 11) is 1.78. The number of rotatable bonds is 5. The van der Waals surface area contributed by atoms with Crippen molar-refractivity contribution in [1.82, 2.24) is 25.4 Å². The number of hydrogen-bond acceptors (Lipinski definition) is 4. The van der Waals surface area contributed by atoms with Crippen molar-refractivity contribution < 1.29 is 0 Å². The van der Waals surface area contributed by atoms with Gasteiger partial charge in [0.25, 0.3) is 0 Å². The molecule has 0 saturated heterocycles. The van der Waals surface area contributed by atoms with E-state index in [4.69, 9.17) is 0 Å². The molecule has 0 fully saturated rings. The molecule has 6 nitrogen and oxygen atoms in total. The number of guanidine groups is 1. The van der Waals surface area contributed by atoms with Gasteiger partial charge in [-0.15, -0.1) is 11.3 Å². The monoisotopic (exact) mass is 354 g/mol. The van der Waals surface area contributed by atoms with Crippen molar-refractivity contribution in [1.29, 1.82) is 0 Å². The van der Waals surface area contributed by atoms with Gasteiger partial charge in [0.15, 0.2) is 5.96 Å². The number of aromatic nitrogens is 3. The highest BCUT2D eigenvalue weighted by Crippen LogP contribution is 2.16. The Labute approximate surface area is 151 Å². The third-order valence-corrected chi connectivity index (χ3v) is 4.88. The van der Waals surface area contributed by atoms with Crippen LogP contribution < -0.4 is 10.6 Å². The largest absolute Gasteiger partial charge is 0.352 e. The normalized spacial score (nSPS) is 11.6. The smallest absolute Gasteiger partial charge is 0.191 e. The molecule has 25 heavy (non-hydrogen) atoms. The Morgan fingerprint density at radius 2 is 1.92 bits per heavy atom. The van der Waals surface area contributed by atoms with Crippen molar-refractivity contribution in [3.05, 3.63) is 63.9 Å². The first-order valence-corrected chi connectivity index (χ1v) is 8.94. The predicted molar refractivity (Wildman–Crippen MR) is 102 cm³/mol.